The highest BCUT2D eigenvalue weighted by Gasteiger charge is 2.17. The molecule has 0 aliphatic heterocycles. The Bertz CT molecular complexity index is 697. The molecule has 2 rings (SSSR count). The standard InChI is InChI=1S/C15H16N2O4S/c1-4-13-16-8-12(22-13)14(18)17-11-6-5-9(20-2)7-10(11)15(19)21-3/h5-8H,4H2,1-3H3,(H,17,18). The first-order valence-electron chi connectivity index (χ1n) is 6.61. The van der Waals surface area contributed by atoms with Crippen LogP contribution in [0, 0.1) is 0 Å². The Hall–Kier alpha value is -2.41. The number of thiazole rings is 1. The zero-order valence-electron chi connectivity index (χ0n) is 12.5. The number of hydrogen-bond donors (Lipinski definition) is 1. The SMILES string of the molecule is CCc1ncc(C(=O)Nc2ccc(OC)cc2C(=O)OC)s1. The summed E-state index contributed by atoms with van der Waals surface area (Å²) in [5.74, 6) is -0.357. The highest BCUT2D eigenvalue weighted by Crippen LogP contribution is 2.24. The molecule has 0 radical (unpaired) electrons. The number of carbonyl (C=O) groups is 2. The van der Waals surface area contributed by atoms with Crippen LogP contribution in [0.1, 0.15) is 32.0 Å². The molecular weight excluding hydrogens is 304 g/mol. The summed E-state index contributed by atoms with van der Waals surface area (Å²) in [4.78, 5) is 28.7. The average molecular weight is 320 g/mol. The monoisotopic (exact) mass is 320 g/mol. The second kappa shape index (κ2) is 7.04. The number of methoxy groups -OCH3 is 2. The number of ether oxygens (including phenoxy) is 2. The van der Waals surface area contributed by atoms with Gasteiger partial charge in [-0.25, -0.2) is 9.78 Å². The van der Waals surface area contributed by atoms with Crippen molar-refractivity contribution in [1.82, 2.24) is 4.98 Å². The molecule has 1 aromatic heterocycles. The Kier molecular flexibility index (Phi) is 5.11. The molecule has 1 heterocycles. The van der Waals surface area contributed by atoms with E-state index in [0.717, 1.165) is 11.4 Å². The summed E-state index contributed by atoms with van der Waals surface area (Å²) in [6.07, 6.45) is 2.30. The molecule has 0 saturated carbocycles. The Balaban J connectivity index is 2.28. The van der Waals surface area contributed by atoms with Crippen molar-refractivity contribution in [2.75, 3.05) is 19.5 Å². The summed E-state index contributed by atoms with van der Waals surface area (Å²) in [6.45, 7) is 1.97. The van der Waals surface area contributed by atoms with Gasteiger partial charge in [0.05, 0.1) is 36.7 Å². The third-order valence-electron chi connectivity index (χ3n) is 2.96. The number of aryl methyl sites for hydroxylation is 1. The van der Waals surface area contributed by atoms with Crippen molar-refractivity contribution in [3.05, 3.63) is 39.8 Å². The Morgan fingerprint density at radius 3 is 2.68 bits per heavy atom. The molecule has 0 atom stereocenters. The van der Waals surface area contributed by atoms with Gasteiger partial charge in [0.2, 0.25) is 0 Å². The number of hydrogen-bond acceptors (Lipinski definition) is 6. The first-order valence-corrected chi connectivity index (χ1v) is 7.43. The normalized spacial score (nSPS) is 10.1. The maximum absolute atomic E-state index is 12.2. The van der Waals surface area contributed by atoms with E-state index < -0.39 is 5.97 Å². The van der Waals surface area contributed by atoms with Crippen molar-refractivity contribution in [3.63, 3.8) is 0 Å². The maximum atomic E-state index is 12.2. The van der Waals surface area contributed by atoms with Gasteiger partial charge in [0.25, 0.3) is 5.91 Å². The van der Waals surface area contributed by atoms with Gasteiger partial charge in [-0.1, -0.05) is 6.92 Å². The number of benzene rings is 1. The van der Waals surface area contributed by atoms with Gasteiger partial charge in [0, 0.05) is 0 Å². The quantitative estimate of drug-likeness (QED) is 0.857. The van der Waals surface area contributed by atoms with Gasteiger partial charge in [0.15, 0.2) is 0 Å². The fourth-order valence-electron chi connectivity index (χ4n) is 1.80. The van der Waals surface area contributed by atoms with E-state index >= 15 is 0 Å². The van der Waals surface area contributed by atoms with Gasteiger partial charge in [-0.15, -0.1) is 11.3 Å². The molecule has 1 N–H and O–H groups in total. The smallest absolute Gasteiger partial charge is 0.340 e. The molecule has 0 fully saturated rings. The lowest BCUT2D eigenvalue weighted by Crippen LogP contribution is -2.14. The summed E-state index contributed by atoms with van der Waals surface area (Å²) in [5, 5.41) is 3.59. The number of carbonyl (C=O) groups excluding carboxylic acids is 2. The lowest BCUT2D eigenvalue weighted by atomic mass is 10.1. The minimum Gasteiger partial charge on any atom is -0.497 e. The molecule has 0 aliphatic carbocycles. The van der Waals surface area contributed by atoms with Crippen LogP contribution in [0.2, 0.25) is 0 Å². The number of aromatic nitrogens is 1. The van der Waals surface area contributed by atoms with Crippen LogP contribution in [-0.2, 0) is 11.2 Å². The van der Waals surface area contributed by atoms with E-state index in [4.69, 9.17) is 9.47 Å². The summed E-state index contributed by atoms with van der Waals surface area (Å²) >= 11 is 1.32. The number of esters is 1. The fourth-order valence-corrected chi connectivity index (χ4v) is 2.55. The minimum atomic E-state index is -0.548. The first kappa shape index (κ1) is 16.0. The number of nitrogens with zero attached hydrogens (tertiary/aromatic N) is 1. The number of anilines is 1. The van der Waals surface area contributed by atoms with Crippen molar-refractivity contribution < 1.29 is 19.1 Å². The Labute approximate surface area is 132 Å². The van der Waals surface area contributed by atoms with E-state index in [-0.39, 0.29) is 11.5 Å². The number of nitrogens with one attached hydrogen (secondary N) is 1. The molecule has 0 aliphatic rings. The van der Waals surface area contributed by atoms with E-state index in [2.05, 4.69) is 10.3 Å². The van der Waals surface area contributed by atoms with Gasteiger partial charge in [-0.05, 0) is 24.6 Å². The Morgan fingerprint density at radius 1 is 1.32 bits per heavy atom. The molecule has 1 amide bonds. The zero-order valence-corrected chi connectivity index (χ0v) is 13.3. The van der Waals surface area contributed by atoms with Crippen LogP contribution < -0.4 is 10.1 Å². The molecule has 1 aromatic carbocycles. The molecule has 116 valence electrons. The first-order chi connectivity index (χ1) is 10.6. The number of rotatable bonds is 5. The molecule has 0 unspecified atom stereocenters. The van der Waals surface area contributed by atoms with Crippen LogP contribution in [0.3, 0.4) is 0 Å². The molecule has 0 saturated heterocycles. The molecule has 6 nitrogen and oxygen atoms in total. The summed E-state index contributed by atoms with van der Waals surface area (Å²) in [6, 6.07) is 4.78. The van der Waals surface area contributed by atoms with Gasteiger partial charge in [-0.3, -0.25) is 4.79 Å². The topological polar surface area (TPSA) is 77.5 Å². The summed E-state index contributed by atoms with van der Waals surface area (Å²) < 4.78 is 9.81. The van der Waals surface area contributed by atoms with E-state index in [9.17, 15) is 9.59 Å². The molecule has 0 spiro atoms. The fraction of sp³-hybridized carbons (Fsp3) is 0.267. The van der Waals surface area contributed by atoms with Gasteiger partial charge >= 0.3 is 5.97 Å². The van der Waals surface area contributed by atoms with Crippen molar-refractivity contribution in [3.8, 4) is 5.75 Å². The lowest BCUT2D eigenvalue weighted by Gasteiger charge is -2.10. The van der Waals surface area contributed by atoms with E-state index in [1.807, 2.05) is 6.92 Å². The van der Waals surface area contributed by atoms with E-state index in [0.29, 0.717) is 16.3 Å². The number of amides is 1. The Morgan fingerprint density at radius 2 is 2.09 bits per heavy atom. The third kappa shape index (κ3) is 3.43. The molecule has 7 heteroatoms. The second-order valence-electron chi connectivity index (χ2n) is 4.33. The van der Waals surface area contributed by atoms with Gasteiger partial charge in [-0.2, -0.15) is 0 Å². The highest BCUT2D eigenvalue weighted by molar-refractivity contribution is 7.13. The van der Waals surface area contributed by atoms with Crippen molar-refractivity contribution >= 4 is 28.9 Å². The molecule has 0 bridgehead atoms. The van der Waals surface area contributed by atoms with Crippen molar-refractivity contribution in [2.24, 2.45) is 0 Å². The van der Waals surface area contributed by atoms with Crippen LogP contribution in [0.4, 0.5) is 5.69 Å². The van der Waals surface area contributed by atoms with Gasteiger partial charge in [0.1, 0.15) is 10.6 Å². The molecular formula is C15H16N2O4S. The van der Waals surface area contributed by atoms with Crippen LogP contribution >= 0.6 is 11.3 Å². The summed E-state index contributed by atoms with van der Waals surface area (Å²) in [7, 11) is 2.78. The minimum absolute atomic E-state index is 0.232. The van der Waals surface area contributed by atoms with Crippen molar-refractivity contribution in [2.45, 2.75) is 13.3 Å². The van der Waals surface area contributed by atoms with Crippen LogP contribution in [-0.4, -0.2) is 31.1 Å². The average Bonchev–Trinajstić information content (AvgIpc) is 3.03. The predicted octanol–water partition coefficient (Wildman–Crippen LogP) is 2.75. The van der Waals surface area contributed by atoms with E-state index in [1.165, 1.54) is 37.8 Å². The third-order valence-corrected chi connectivity index (χ3v) is 4.10. The lowest BCUT2D eigenvalue weighted by molar-refractivity contribution is 0.0601. The molecule has 2 aromatic rings. The van der Waals surface area contributed by atoms with Crippen LogP contribution in [0.5, 0.6) is 5.75 Å². The van der Waals surface area contributed by atoms with Crippen LogP contribution in [0.15, 0.2) is 24.4 Å². The van der Waals surface area contributed by atoms with Gasteiger partial charge < -0.3 is 14.8 Å². The maximum Gasteiger partial charge on any atom is 0.340 e. The van der Waals surface area contributed by atoms with Crippen molar-refractivity contribution in [1.29, 1.82) is 0 Å². The largest absolute Gasteiger partial charge is 0.497 e. The zero-order chi connectivity index (χ0) is 16.1. The predicted molar refractivity (Wildman–Crippen MR) is 83.8 cm³/mol. The molecule has 22 heavy (non-hydrogen) atoms. The summed E-state index contributed by atoms with van der Waals surface area (Å²) in [5.41, 5.74) is 0.597. The van der Waals surface area contributed by atoms with E-state index in [1.54, 1.807) is 12.1 Å². The highest BCUT2D eigenvalue weighted by atomic mass is 32.1. The second-order valence-corrected chi connectivity index (χ2v) is 5.44. The van der Waals surface area contributed by atoms with Crippen LogP contribution in [0.25, 0.3) is 0 Å².